The number of hydrogen-bond acceptors (Lipinski definition) is 3. The molecule has 3 nitrogen and oxygen atoms in total. The van der Waals surface area contributed by atoms with Crippen LogP contribution in [-0.2, 0) is 0 Å². The maximum atomic E-state index is 5.90. The fourth-order valence-electron chi connectivity index (χ4n) is 6.49. The van der Waals surface area contributed by atoms with Crippen LogP contribution in [0.5, 0.6) is 0 Å². The third-order valence-electron chi connectivity index (χ3n) is 6.17. The van der Waals surface area contributed by atoms with Gasteiger partial charge in [-0.2, -0.15) is 0 Å². The van der Waals surface area contributed by atoms with Gasteiger partial charge in [-0.05, 0) is 73.8 Å². The van der Waals surface area contributed by atoms with E-state index in [0.717, 1.165) is 23.0 Å². The molecule has 1 aromatic rings. The van der Waals surface area contributed by atoms with Crippen molar-refractivity contribution >= 4 is 11.5 Å². The third-order valence-corrected chi connectivity index (χ3v) is 6.17. The first-order valence-electron chi connectivity index (χ1n) is 8.29. The van der Waals surface area contributed by atoms with Crippen molar-refractivity contribution in [2.24, 2.45) is 16.7 Å². The SMILES string of the molecule is Cc1cc(NC23CC4CC(C)(CC(C)(C4)C2)C3)ncc1N. The number of nitrogen functional groups attached to an aromatic ring is 1. The van der Waals surface area contributed by atoms with Crippen LogP contribution in [0.15, 0.2) is 12.3 Å². The number of aromatic nitrogens is 1. The van der Waals surface area contributed by atoms with Crippen LogP contribution in [0.1, 0.15) is 57.9 Å². The topological polar surface area (TPSA) is 50.9 Å². The number of rotatable bonds is 2. The summed E-state index contributed by atoms with van der Waals surface area (Å²) >= 11 is 0. The monoisotopic (exact) mass is 285 g/mol. The van der Waals surface area contributed by atoms with Crippen molar-refractivity contribution in [3.63, 3.8) is 0 Å². The van der Waals surface area contributed by atoms with E-state index in [1.165, 1.54) is 38.5 Å². The molecule has 3 N–H and O–H groups in total. The van der Waals surface area contributed by atoms with Gasteiger partial charge in [-0.1, -0.05) is 13.8 Å². The molecule has 0 aliphatic heterocycles. The Hall–Kier alpha value is -1.25. The standard InChI is InChI=1S/C18H27N3/c1-12-4-15(20-8-14(12)19)21-18-7-13-5-16(2,10-18)9-17(3,6-13)11-18/h4,8,13H,5-7,9-11,19H2,1-3H3,(H,20,21). The highest BCUT2D eigenvalue weighted by atomic mass is 15.1. The molecule has 1 aromatic heterocycles. The van der Waals surface area contributed by atoms with Crippen LogP contribution in [0.2, 0.25) is 0 Å². The van der Waals surface area contributed by atoms with Crippen LogP contribution < -0.4 is 11.1 Å². The summed E-state index contributed by atoms with van der Waals surface area (Å²) in [5.74, 6) is 1.91. The van der Waals surface area contributed by atoms with Crippen LogP contribution in [0, 0.1) is 23.7 Å². The van der Waals surface area contributed by atoms with E-state index in [4.69, 9.17) is 5.73 Å². The molecule has 4 aliphatic carbocycles. The molecule has 4 fully saturated rings. The largest absolute Gasteiger partial charge is 0.397 e. The number of nitrogens with zero attached hydrogens (tertiary/aromatic N) is 1. The minimum Gasteiger partial charge on any atom is -0.397 e. The summed E-state index contributed by atoms with van der Waals surface area (Å²) in [7, 11) is 0. The van der Waals surface area contributed by atoms with Crippen molar-refractivity contribution in [3.8, 4) is 0 Å². The van der Waals surface area contributed by atoms with Crippen LogP contribution >= 0.6 is 0 Å². The lowest BCUT2D eigenvalue weighted by Gasteiger charge is -2.65. The second kappa shape index (κ2) is 3.93. The van der Waals surface area contributed by atoms with Crippen molar-refractivity contribution < 1.29 is 0 Å². The number of nitrogens with one attached hydrogen (secondary N) is 1. The van der Waals surface area contributed by atoms with Gasteiger partial charge in [-0.15, -0.1) is 0 Å². The first-order chi connectivity index (χ1) is 9.79. The Bertz CT molecular complexity index is 576. The van der Waals surface area contributed by atoms with Crippen LogP contribution in [0.25, 0.3) is 0 Å². The van der Waals surface area contributed by atoms with Crippen molar-refractivity contribution in [1.82, 2.24) is 4.98 Å². The van der Waals surface area contributed by atoms with Gasteiger partial charge in [-0.25, -0.2) is 4.98 Å². The van der Waals surface area contributed by atoms with Crippen molar-refractivity contribution in [2.45, 2.75) is 64.8 Å². The van der Waals surface area contributed by atoms with E-state index < -0.39 is 0 Å². The number of hydrogen-bond donors (Lipinski definition) is 2. The molecule has 0 radical (unpaired) electrons. The van der Waals surface area contributed by atoms with Crippen molar-refractivity contribution in [1.29, 1.82) is 0 Å². The molecular weight excluding hydrogens is 258 g/mol. The average Bonchev–Trinajstić information content (AvgIpc) is 2.28. The predicted molar refractivity (Wildman–Crippen MR) is 87.1 cm³/mol. The number of nitrogens with two attached hydrogens (primary N) is 1. The van der Waals surface area contributed by atoms with Gasteiger partial charge in [0, 0.05) is 5.54 Å². The maximum Gasteiger partial charge on any atom is 0.126 e. The molecule has 2 unspecified atom stereocenters. The number of aryl methyl sites for hydroxylation is 1. The Morgan fingerprint density at radius 1 is 1.14 bits per heavy atom. The molecule has 1 heterocycles. The van der Waals surface area contributed by atoms with E-state index >= 15 is 0 Å². The second-order valence-corrected chi connectivity index (χ2v) is 8.96. The summed E-state index contributed by atoms with van der Waals surface area (Å²) in [6.45, 7) is 7.08. The second-order valence-electron chi connectivity index (χ2n) is 8.96. The highest BCUT2D eigenvalue weighted by Crippen LogP contribution is 2.66. The van der Waals surface area contributed by atoms with Gasteiger partial charge >= 0.3 is 0 Å². The average molecular weight is 285 g/mol. The van der Waals surface area contributed by atoms with Gasteiger partial charge in [0.05, 0.1) is 11.9 Å². The van der Waals surface area contributed by atoms with Gasteiger partial charge < -0.3 is 11.1 Å². The Morgan fingerprint density at radius 2 is 1.81 bits per heavy atom. The van der Waals surface area contributed by atoms with E-state index in [-0.39, 0.29) is 5.54 Å². The van der Waals surface area contributed by atoms with E-state index in [9.17, 15) is 0 Å². The summed E-state index contributed by atoms with van der Waals surface area (Å²) in [6, 6.07) is 2.11. The fraction of sp³-hybridized carbons (Fsp3) is 0.722. The summed E-state index contributed by atoms with van der Waals surface area (Å²) < 4.78 is 0. The highest BCUT2D eigenvalue weighted by molar-refractivity contribution is 5.52. The molecule has 4 aliphatic rings. The molecule has 5 rings (SSSR count). The van der Waals surface area contributed by atoms with Crippen molar-refractivity contribution in [3.05, 3.63) is 17.8 Å². The highest BCUT2D eigenvalue weighted by Gasteiger charge is 2.60. The zero-order valence-electron chi connectivity index (χ0n) is 13.5. The van der Waals surface area contributed by atoms with E-state index in [0.29, 0.717) is 10.8 Å². The molecule has 2 atom stereocenters. The smallest absolute Gasteiger partial charge is 0.126 e. The molecule has 3 heteroatoms. The van der Waals surface area contributed by atoms with E-state index in [1.807, 2.05) is 0 Å². The summed E-state index contributed by atoms with van der Waals surface area (Å²) in [5, 5.41) is 3.84. The third kappa shape index (κ3) is 2.13. The molecule has 114 valence electrons. The van der Waals surface area contributed by atoms with E-state index in [1.54, 1.807) is 6.20 Å². The summed E-state index contributed by atoms with van der Waals surface area (Å²) in [5.41, 5.74) is 9.13. The zero-order valence-corrected chi connectivity index (χ0v) is 13.5. The Morgan fingerprint density at radius 3 is 2.38 bits per heavy atom. The van der Waals surface area contributed by atoms with Gasteiger partial charge in [0.15, 0.2) is 0 Å². The summed E-state index contributed by atoms with van der Waals surface area (Å²) in [4.78, 5) is 4.52. The first-order valence-corrected chi connectivity index (χ1v) is 8.29. The van der Waals surface area contributed by atoms with Gasteiger partial charge in [-0.3, -0.25) is 0 Å². The van der Waals surface area contributed by atoms with Crippen molar-refractivity contribution in [2.75, 3.05) is 11.1 Å². The van der Waals surface area contributed by atoms with E-state index in [2.05, 4.69) is 37.1 Å². The Kier molecular flexibility index (Phi) is 2.51. The lowest BCUT2D eigenvalue weighted by Crippen LogP contribution is -2.61. The van der Waals surface area contributed by atoms with Crippen LogP contribution in [0.4, 0.5) is 11.5 Å². The molecular formula is C18H27N3. The Balaban J connectivity index is 1.66. The first kappa shape index (κ1) is 13.4. The molecule has 4 bridgehead atoms. The summed E-state index contributed by atoms with van der Waals surface area (Å²) in [6.07, 6.45) is 9.99. The normalized spacial score (nSPS) is 44.0. The lowest BCUT2D eigenvalue weighted by atomic mass is 9.43. The quantitative estimate of drug-likeness (QED) is 0.859. The number of anilines is 2. The van der Waals surface area contributed by atoms with Crippen LogP contribution in [-0.4, -0.2) is 10.5 Å². The fourth-order valence-corrected chi connectivity index (χ4v) is 6.49. The lowest BCUT2D eigenvalue weighted by molar-refractivity contribution is -0.0973. The zero-order chi connectivity index (χ0) is 14.9. The molecule has 4 saturated carbocycles. The molecule has 0 saturated heterocycles. The van der Waals surface area contributed by atoms with Gasteiger partial charge in [0.1, 0.15) is 5.82 Å². The molecule has 0 amide bonds. The molecule has 0 spiro atoms. The Labute approximate surface area is 127 Å². The molecule has 21 heavy (non-hydrogen) atoms. The number of pyridine rings is 1. The van der Waals surface area contributed by atoms with Crippen LogP contribution in [0.3, 0.4) is 0 Å². The maximum absolute atomic E-state index is 5.90. The minimum atomic E-state index is 0.262. The van der Waals surface area contributed by atoms with Gasteiger partial charge in [0.2, 0.25) is 0 Å². The predicted octanol–water partition coefficient (Wildman–Crippen LogP) is 4.13. The minimum absolute atomic E-state index is 0.262. The molecule has 0 aromatic carbocycles. The van der Waals surface area contributed by atoms with Gasteiger partial charge in [0.25, 0.3) is 0 Å².